The molecule has 0 aliphatic carbocycles. The van der Waals surface area contributed by atoms with Gasteiger partial charge in [0.1, 0.15) is 5.75 Å². The average molecular weight is 376 g/mol. The maximum absolute atomic E-state index is 11.9. The molecule has 0 unspecified atom stereocenters. The monoisotopic (exact) mass is 375 g/mol. The van der Waals surface area contributed by atoms with Gasteiger partial charge < -0.3 is 10.1 Å². The van der Waals surface area contributed by atoms with E-state index in [9.17, 15) is 4.79 Å². The van der Waals surface area contributed by atoms with E-state index in [4.69, 9.17) is 27.9 Å². The van der Waals surface area contributed by atoms with Gasteiger partial charge in [0.15, 0.2) is 12.4 Å². The van der Waals surface area contributed by atoms with Crippen LogP contribution in [0.15, 0.2) is 60.8 Å². The summed E-state index contributed by atoms with van der Waals surface area (Å²) in [5.41, 5.74) is 1.03. The van der Waals surface area contributed by atoms with Crippen molar-refractivity contribution in [3.63, 3.8) is 0 Å². The highest BCUT2D eigenvalue weighted by Gasteiger charge is 2.07. The van der Waals surface area contributed by atoms with Crippen LogP contribution < -0.4 is 10.1 Å². The third kappa shape index (κ3) is 5.24. The van der Waals surface area contributed by atoms with E-state index < -0.39 is 0 Å². The molecule has 1 amide bonds. The standard InChI is InChI=1S/C18H15Cl2N3O2/c19-14-4-6-16(7-5-14)25-12-18(24)21-17-8-9-23(22-17)11-13-2-1-3-15(20)10-13/h1-10H,11-12H2,(H,21,22,24). The second-order valence-corrected chi connectivity index (χ2v) is 6.19. The highest BCUT2D eigenvalue weighted by molar-refractivity contribution is 6.30. The summed E-state index contributed by atoms with van der Waals surface area (Å²) in [5, 5.41) is 8.29. The maximum Gasteiger partial charge on any atom is 0.263 e. The van der Waals surface area contributed by atoms with E-state index in [0.29, 0.717) is 28.2 Å². The number of halogens is 2. The Morgan fingerprint density at radius 1 is 1.08 bits per heavy atom. The summed E-state index contributed by atoms with van der Waals surface area (Å²) < 4.78 is 7.11. The zero-order valence-corrected chi connectivity index (χ0v) is 14.7. The van der Waals surface area contributed by atoms with Gasteiger partial charge in [0.25, 0.3) is 5.91 Å². The molecule has 5 nitrogen and oxygen atoms in total. The van der Waals surface area contributed by atoms with Crippen molar-refractivity contribution in [2.24, 2.45) is 0 Å². The first-order chi connectivity index (χ1) is 12.1. The number of rotatable bonds is 6. The van der Waals surface area contributed by atoms with Crippen LogP contribution in [0.2, 0.25) is 10.0 Å². The van der Waals surface area contributed by atoms with E-state index >= 15 is 0 Å². The van der Waals surface area contributed by atoms with Crippen LogP contribution >= 0.6 is 23.2 Å². The predicted molar refractivity (Wildman–Crippen MR) is 98.4 cm³/mol. The van der Waals surface area contributed by atoms with E-state index in [2.05, 4.69) is 10.4 Å². The lowest BCUT2D eigenvalue weighted by molar-refractivity contribution is -0.118. The van der Waals surface area contributed by atoms with Gasteiger partial charge in [-0.15, -0.1) is 0 Å². The van der Waals surface area contributed by atoms with Crippen molar-refractivity contribution in [2.45, 2.75) is 6.54 Å². The van der Waals surface area contributed by atoms with Gasteiger partial charge in [-0.1, -0.05) is 35.3 Å². The van der Waals surface area contributed by atoms with Crippen LogP contribution in [0.25, 0.3) is 0 Å². The Morgan fingerprint density at radius 2 is 1.88 bits per heavy atom. The molecule has 0 atom stereocenters. The van der Waals surface area contributed by atoms with E-state index in [1.165, 1.54) is 0 Å². The Kier molecular flexibility index (Phi) is 5.58. The lowest BCUT2D eigenvalue weighted by atomic mass is 10.2. The third-order valence-corrected chi connectivity index (χ3v) is 3.81. The molecule has 0 saturated heterocycles. The molecule has 0 aliphatic heterocycles. The number of nitrogens with zero attached hydrogens (tertiary/aromatic N) is 2. The molecular formula is C18H15Cl2N3O2. The quantitative estimate of drug-likeness (QED) is 0.700. The molecule has 1 heterocycles. The fourth-order valence-electron chi connectivity index (χ4n) is 2.20. The van der Waals surface area contributed by atoms with Gasteiger partial charge in [-0.3, -0.25) is 9.48 Å². The van der Waals surface area contributed by atoms with Crippen molar-refractivity contribution in [3.05, 3.63) is 76.4 Å². The minimum atomic E-state index is -0.289. The van der Waals surface area contributed by atoms with Crippen molar-refractivity contribution >= 4 is 34.9 Å². The van der Waals surface area contributed by atoms with Crippen LogP contribution in [0.4, 0.5) is 5.82 Å². The summed E-state index contributed by atoms with van der Waals surface area (Å²) in [4.78, 5) is 11.9. The van der Waals surface area contributed by atoms with E-state index in [1.807, 2.05) is 24.3 Å². The molecule has 0 fully saturated rings. The van der Waals surface area contributed by atoms with Crippen molar-refractivity contribution in [1.29, 1.82) is 0 Å². The minimum Gasteiger partial charge on any atom is -0.484 e. The second-order valence-electron chi connectivity index (χ2n) is 5.32. The number of hydrogen-bond acceptors (Lipinski definition) is 3. The smallest absolute Gasteiger partial charge is 0.263 e. The summed E-state index contributed by atoms with van der Waals surface area (Å²) >= 11 is 11.8. The zero-order valence-electron chi connectivity index (χ0n) is 13.2. The van der Waals surface area contributed by atoms with Gasteiger partial charge in [0.2, 0.25) is 0 Å². The molecule has 1 aromatic heterocycles. The molecule has 25 heavy (non-hydrogen) atoms. The summed E-state index contributed by atoms with van der Waals surface area (Å²) in [6.07, 6.45) is 1.79. The Bertz CT molecular complexity index is 863. The molecule has 0 spiro atoms. The minimum absolute atomic E-state index is 0.108. The normalized spacial score (nSPS) is 10.5. The fraction of sp³-hybridized carbons (Fsp3) is 0.111. The Hall–Kier alpha value is -2.50. The van der Waals surface area contributed by atoms with Crippen LogP contribution in [-0.2, 0) is 11.3 Å². The number of ether oxygens (including phenoxy) is 1. The van der Waals surface area contributed by atoms with Gasteiger partial charge >= 0.3 is 0 Å². The Labute approximate surface area is 155 Å². The Balaban J connectivity index is 1.52. The summed E-state index contributed by atoms with van der Waals surface area (Å²) in [6, 6.07) is 16.1. The number of carbonyl (C=O) groups excluding carboxylic acids is 1. The maximum atomic E-state index is 11.9. The molecule has 3 rings (SSSR count). The van der Waals surface area contributed by atoms with Crippen LogP contribution in [0, 0.1) is 0 Å². The van der Waals surface area contributed by atoms with Crippen LogP contribution in [0.1, 0.15) is 5.56 Å². The number of anilines is 1. The summed E-state index contributed by atoms with van der Waals surface area (Å²) in [5.74, 6) is 0.751. The van der Waals surface area contributed by atoms with E-state index in [-0.39, 0.29) is 12.5 Å². The molecule has 0 bridgehead atoms. The molecule has 0 saturated carbocycles. The first-order valence-electron chi connectivity index (χ1n) is 7.54. The molecule has 3 aromatic rings. The van der Waals surface area contributed by atoms with Crippen molar-refractivity contribution in [3.8, 4) is 5.75 Å². The summed E-state index contributed by atoms with van der Waals surface area (Å²) in [7, 11) is 0. The van der Waals surface area contributed by atoms with E-state index in [0.717, 1.165) is 5.56 Å². The molecule has 0 aliphatic rings. The van der Waals surface area contributed by atoms with Gasteiger partial charge in [-0.05, 0) is 42.0 Å². The highest BCUT2D eigenvalue weighted by atomic mass is 35.5. The second kappa shape index (κ2) is 8.05. The summed E-state index contributed by atoms with van der Waals surface area (Å²) in [6.45, 7) is 0.459. The third-order valence-electron chi connectivity index (χ3n) is 3.33. The highest BCUT2D eigenvalue weighted by Crippen LogP contribution is 2.15. The van der Waals surface area contributed by atoms with Crippen molar-refractivity contribution in [1.82, 2.24) is 9.78 Å². The lowest BCUT2D eigenvalue weighted by Crippen LogP contribution is -2.20. The van der Waals surface area contributed by atoms with Crippen molar-refractivity contribution in [2.75, 3.05) is 11.9 Å². The van der Waals surface area contributed by atoms with Crippen molar-refractivity contribution < 1.29 is 9.53 Å². The van der Waals surface area contributed by atoms with Gasteiger partial charge in [0, 0.05) is 22.3 Å². The number of hydrogen-bond donors (Lipinski definition) is 1. The van der Waals surface area contributed by atoms with E-state index in [1.54, 1.807) is 41.2 Å². The topological polar surface area (TPSA) is 56.1 Å². The SMILES string of the molecule is O=C(COc1ccc(Cl)cc1)Nc1ccn(Cc2cccc(Cl)c2)n1. The predicted octanol–water partition coefficient (Wildman–Crippen LogP) is 4.26. The largest absolute Gasteiger partial charge is 0.484 e. The van der Waals surface area contributed by atoms with Gasteiger partial charge in [-0.2, -0.15) is 5.10 Å². The van der Waals surface area contributed by atoms with Crippen LogP contribution in [0.3, 0.4) is 0 Å². The number of nitrogens with one attached hydrogen (secondary N) is 1. The Morgan fingerprint density at radius 3 is 2.64 bits per heavy atom. The molecule has 2 aromatic carbocycles. The molecule has 7 heteroatoms. The molecule has 128 valence electrons. The first kappa shape index (κ1) is 17.3. The number of benzene rings is 2. The first-order valence-corrected chi connectivity index (χ1v) is 8.30. The zero-order chi connectivity index (χ0) is 17.6. The molecular weight excluding hydrogens is 361 g/mol. The van der Waals surface area contributed by atoms with Crippen LogP contribution in [0.5, 0.6) is 5.75 Å². The van der Waals surface area contributed by atoms with Crippen LogP contribution in [-0.4, -0.2) is 22.3 Å². The van der Waals surface area contributed by atoms with Gasteiger partial charge in [0.05, 0.1) is 6.54 Å². The fourth-order valence-corrected chi connectivity index (χ4v) is 2.54. The number of aromatic nitrogens is 2. The lowest BCUT2D eigenvalue weighted by Gasteiger charge is -2.06. The molecule has 1 N–H and O–H groups in total. The van der Waals surface area contributed by atoms with Gasteiger partial charge in [-0.25, -0.2) is 0 Å². The molecule has 0 radical (unpaired) electrons. The average Bonchev–Trinajstić information content (AvgIpc) is 3.01. The number of carbonyl (C=O) groups is 1. The number of amides is 1.